The highest BCUT2D eigenvalue weighted by molar-refractivity contribution is 5.77. The van der Waals surface area contributed by atoms with Gasteiger partial charge in [0, 0.05) is 19.8 Å². The van der Waals surface area contributed by atoms with E-state index in [0.29, 0.717) is 25.2 Å². The molecule has 0 aliphatic heterocycles. The van der Waals surface area contributed by atoms with Gasteiger partial charge in [-0.3, -0.25) is 9.59 Å². The van der Waals surface area contributed by atoms with Crippen molar-refractivity contribution in [2.24, 2.45) is 0 Å². The smallest absolute Gasteiger partial charge is 0.302 e. The van der Waals surface area contributed by atoms with E-state index in [1.807, 2.05) is 13.8 Å². The van der Waals surface area contributed by atoms with Crippen LogP contribution in [0.5, 0.6) is 0 Å². The number of ketones is 1. The molecule has 0 amide bonds. The molecule has 0 bridgehead atoms. The zero-order valence-corrected chi connectivity index (χ0v) is 8.35. The number of carbonyl (C=O) groups is 2. The van der Waals surface area contributed by atoms with E-state index in [1.54, 1.807) is 6.92 Å². The van der Waals surface area contributed by atoms with Gasteiger partial charge < -0.3 is 4.74 Å². The second kappa shape index (κ2) is 10.1. The Hall–Kier alpha value is -0.860. The highest BCUT2D eigenvalue weighted by Crippen LogP contribution is 1.83. The average Bonchev–Trinajstić information content (AvgIpc) is 2.04. The first-order chi connectivity index (χ1) is 5.58. The van der Waals surface area contributed by atoms with Crippen molar-refractivity contribution in [3.63, 3.8) is 0 Å². The van der Waals surface area contributed by atoms with Gasteiger partial charge in [-0.15, -0.1) is 0 Å². The Balaban J connectivity index is 0. The van der Waals surface area contributed by atoms with Gasteiger partial charge in [0.05, 0.1) is 6.61 Å². The Kier molecular flexibility index (Phi) is 11.6. The number of ether oxygens (including phenoxy) is 1. The summed E-state index contributed by atoms with van der Waals surface area (Å²) in [7, 11) is 0. The van der Waals surface area contributed by atoms with Gasteiger partial charge in [0.1, 0.15) is 5.78 Å². The van der Waals surface area contributed by atoms with E-state index in [9.17, 15) is 9.59 Å². The van der Waals surface area contributed by atoms with E-state index in [1.165, 1.54) is 6.92 Å². The molecule has 0 atom stereocenters. The van der Waals surface area contributed by atoms with Crippen molar-refractivity contribution in [2.45, 2.75) is 40.5 Å². The number of rotatable bonds is 3. The molecule has 0 aliphatic rings. The number of Topliss-reactive ketones (excluding diaryl/α,β-unsaturated/α-hetero) is 1. The van der Waals surface area contributed by atoms with Crippen molar-refractivity contribution >= 4 is 11.8 Å². The molecule has 0 unspecified atom stereocenters. The standard InChI is InChI=1S/C5H10O.C4H8O2/c1-3-5(6)4-2;1-3-6-4(2)5/h3-4H2,1-2H3;3H2,1-2H3. The highest BCUT2D eigenvalue weighted by Gasteiger charge is 1.86. The summed E-state index contributed by atoms with van der Waals surface area (Å²) in [5, 5.41) is 0. The third kappa shape index (κ3) is 16.1. The van der Waals surface area contributed by atoms with Crippen molar-refractivity contribution in [1.29, 1.82) is 0 Å². The normalized spacial score (nSPS) is 8.00. The van der Waals surface area contributed by atoms with Crippen LogP contribution in [-0.4, -0.2) is 18.4 Å². The van der Waals surface area contributed by atoms with Crippen LogP contribution >= 0.6 is 0 Å². The lowest BCUT2D eigenvalue weighted by molar-refractivity contribution is -0.140. The first-order valence-corrected chi connectivity index (χ1v) is 4.23. The van der Waals surface area contributed by atoms with Gasteiger partial charge in [0.25, 0.3) is 0 Å². The molecule has 0 radical (unpaired) electrons. The lowest BCUT2D eigenvalue weighted by Crippen LogP contribution is -1.95. The summed E-state index contributed by atoms with van der Waals surface area (Å²) in [6.45, 7) is 7.41. The van der Waals surface area contributed by atoms with E-state index in [2.05, 4.69) is 4.74 Å². The zero-order valence-electron chi connectivity index (χ0n) is 8.35. The molecule has 0 rings (SSSR count). The Morgan fingerprint density at radius 2 is 1.50 bits per heavy atom. The third-order valence-corrected chi connectivity index (χ3v) is 1.14. The molecule has 0 aromatic heterocycles. The summed E-state index contributed by atoms with van der Waals surface area (Å²) in [4.78, 5) is 20.0. The fourth-order valence-corrected chi connectivity index (χ4v) is 0.453. The van der Waals surface area contributed by atoms with Gasteiger partial charge >= 0.3 is 5.97 Å². The number of carbonyl (C=O) groups excluding carboxylic acids is 2. The van der Waals surface area contributed by atoms with Crippen molar-refractivity contribution in [3.8, 4) is 0 Å². The monoisotopic (exact) mass is 174 g/mol. The molecule has 3 nitrogen and oxygen atoms in total. The van der Waals surface area contributed by atoms with E-state index >= 15 is 0 Å². The van der Waals surface area contributed by atoms with Gasteiger partial charge in [-0.05, 0) is 6.92 Å². The molecule has 0 saturated carbocycles. The zero-order chi connectivity index (χ0) is 9.98. The Labute approximate surface area is 74.1 Å². The maximum Gasteiger partial charge on any atom is 0.302 e. The molecule has 72 valence electrons. The molecule has 3 heteroatoms. The van der Waals surface area contributed by atoms with Crippen molar-refractivity contribution < 1.29 is 14.3 Å². The van der Waals surface area contributed by atoms with Gasteiger partial charge in [-0.25, -0.2) is 0 Å². The largest absolute Gasteiger partial charge is 0.466 e. The summed E-state index contributed by atoms with van der Waals surface area (Å²) in [6.07, 6.45) is 1.38. The van der Waals surface area contributed by atoms with E-state index in [0.717, 1.165) is 0 Å². The summed E-state index contributed by atoms with van der Waals surface area (Å²) in [5.41, 5.74) is 0. The third-order valence-electron chi connectivity index (χ3n) is 1.14. The lowest BCUT2D eigenvalue weighted by Gasteiger charge is -1.89. The van der Waals surface area contributed by atoms with Gasteiger partial charge in [-0.2, -0.15) is 0 Å². The van der Waals surface area contributed by atoms with Crippen LogP contribution in [-0.2, 0) is 14.3 Å². The predicted octanol–water partition coefficient (Wildman–Crippen LogP) is 1.94. The van der Waals surface area contributed by atoms with E-state index < -0.39 is 0 Å². The SMILES string of the molecule is CCC(=O)CC.CCOC(C)=O. The highest BCUT2D eigenvalue weighted by atomic mass is 16.5. The molecule has 0 heterocycles. The molecule has 0 aromatic carbocycles. The molecule has 12 heavy (non-hydrogen) atoms. The average molecular weight is 174 g/mol. The van der Waals surface area contributed by atoms with Crippen LogP contribution in [0.2, 0.25) is 0 Å². The molecule has 0 spiro atoms. The van der Waals surface area contributed by atoms with Crippen LogP contribution in [0, 0.1) is 0 Å². The first kappa shape index (κ1) is 13.7. The fourth-order valence-electron chi connectivity index (χ4n) is 0.453. The van der Waals surface area contributed by atoms with E-state index in [-0.39, 0.29) is 5.97 Å². The summed E-state index contributed by atoms with van der Waals surface area (Å²) < 4.78 is 4.40. The molecule has 0 aliphatic carbocycles. The minimum atomic E-state index is -0.211. The fraction of sp³-hybridized carbons (Fsp3) is 0.778. The number of hydrogen-bond acceptors (Lipinski definition) is 3. The Bertz CT molecular complexity index is 124. The van der Waals surface area contributed by atoms with Crippen molar-refractivity contribution in [2.75, 3.05) is 6.61 Å². The quantitative estimate of drug-likeness (QED) is 0.614. The van der Waals surface area contributed by atoms with Crippen LogP contribution in [0.25, 0.3) is 0 Å². The van der Waals surface area contributed by atoms with Crippen LogP contribution in [0.1, 0.15) is 40.5 Å². The van der Waals surface area contributed by atoms with Gasteiger partial charge in [0.2, 0.25) is 0 Å². The van der Waals surface area contributed by atoms with Gasteiger partial charge in [-0.1, -0.05) is 13.8 Å². The topological polar surface area (TPSA) is 43.4 Å². The second-order valence-electron chi connectivity index (χ2n) is 2.17. The molecule has 0 N–H and O–H groups in total. The summed E-state index contributed by atoms with van der Waals surface area (Å²) in [6, 6.07) is 0. The molecule has 0 aromatic rings. The van der Waals surface area contributed by atoms with Crippen LogP contribution in [0.15, 0.2) is 0 Å². The molecular formula is C9H18O3. The summed E-state index contributed by atoms with van der Waals surface area (Å²) in [5.74, 6) is 0.132. The van der Waals surface area contributed by atoms with Crippen LogP contribution in [0.3, 0.4) is 0 Å². The molecular weight excluding hydrogens is 156 g/mol. The minimum absolute atomic E-state index is 0.211. The minimum Gasteiger partial charge on any atom is -0.466 e. The maximum absolute atomic E-state index is 10.2. The van der Waals surface area contributed by atoms with Crippen molar-refractivity contribution in [3.05, 3.63) is 0 Å². The van der Waals surface area contributed by atoms with Crippen LogP contribution in [0.4, 0.5) is 0 Å². The Morgan fingerprint density at radius 1 is 1.08 bits per heavy atom. The van der Waals surface area contributed by atoms with E-state index in [4.69, 9.17) is 0 Å². The lowest BCUT2D eigenvalue weighted by atomic mass is 10.3. The number of esters is 1. The number of hydrogen-bond donors (Lipinski definition) is 0. The summed E-state index contributed by atoms with van der Waals surface area (Å²) >= 11 is 0. The Morgan fingerprint density at radius 3 is 1.50 bits per heavy atom. The molecule has 0 saturated heterocycles. The van der Waals surface area contributed by atoms with Gasteiger partial charge in [0.15, 0.2) is 0 Å². The second-order valence-corrected chi connectivity index (χ2v) is 2.17. The maximum atomic E-state index is 10.2. The first-order valence-electron chi connectivity index (χ1n) is 4.23. The predicted molar refractivity (Wildman–Crippen MR) is 47.9 cm³/mol. The molecule has 0 fully saturated rings. The van der Waals surface area contributed by atoms with Crippen LogP contribution < -0.4 is 0 Å². The van der Waals surface area contributed by atoms with Crippen molar-refractivity contribution in [1.82, 2.24) is 0 Å².